The molecule has 0 aliphatic heterocycles. The minimum atomic E-state index is -0.188. The Balaban J connectivity index is 2.33. The van der Waals surface area contributed by atoms with Crippen LogP contribution in [0.1, 0.15) is 0 Å². The third kappa shape index (κ3) is 1.76. The molecular formula is C10H12N4O. The fourth-order valence-electron chi connectivity index (χ4n) is 1.27. The van der Waals surface area contributed by atoms with Crippen molar-refractivity contribution in [2.75, 3.05) is 19.4 Å². The second kappa shape index (κ2) is 3.61. The number of urea groups is 1. The molecule has 0 saturated carbocycles. The number of nitrogens with zero attached hydrogens (tertiary/aromatic N) is 2. The van der Waals surface area contributed by atoms with Crippen molar-refractivity contribution in [1.82, 2.24) is 15.1 Å². The summed E-state index contributed by atoms with van der Waals surface area (Å²) in [5.74, 6) is 0.560. The highest BCUT2D eigenvalue weighted by molar-refractivity contribution is 5.98. The highest BCUT2D eigenvalue weighted by atomic mass is 16.2. The number of rotatable bonds is 1. The highest BCUT2D eigenvalue weighted by Crippen LogP contribution is 2.19. The molecule has 1 aromatic carbocycles. The van der Waals surface area contributed by atoms with Crippen molar-refractivity contribution in [3.05, 3.63) is 24.3 Å². The van der Waals surface area contributed by atoms with E-state index in [4.69, 9.17) is 0 Å². The van der Waals surface area contributed by atoms with Gasteiger partial charge in [-0.05, 0) is 12.1 Å². The molecule has 1 aromatic heterocycles. The van der Waals surface area contributed by atoms with Crippen LogP contribution in [0.3, 0.4) is 0 Å². The maximum atomic E-state index is 11.4. The first-order chi connectivity index (χ1) is 7.18. The monoisotopic (exact) mass is 204 g/mol. The minimum absolute atomic E-state index is 0.188. The lowest BCUT2D eigenvalue weighted by molar-refractivity contribution is 0.230. The zero-order valence-electron chi connectivity index (χ0n) is 8.61. The number of benzene rings is 1. The van der Waals surface area contributed by atoms with Crippen LogP contribution in [0.15, 0.2) is 24.3 Å². The van der Waals surface area contributed by atoms with E-state index in [-0.39, 0.29) is 6.03 Å². The molecule has 2 amide bonds. The summed E-state index contributed by atoms with van der Waals surface area (Å²) in [6.45, 7) is 0. The third-order valence-corrected chi connectivity index (χ3v) is 2.10. The van der Waals surface area contributed by atoms with Gasteiger partial charge in [0.15, 0.2) is 5.82 Å². The highest BCUT2D eigenvalue weighted by Gasteiger charge is 2.09. The topological polar surface area (TPSA) is 61.0 Å². The van der Waals surface area contributed by atoms with Gasteiger partial charge >= 0.3 is 6.03 Å². The number of carbonyl (C=O) groups is 1. The number of hydrogen-bond acceptors (Lipinski definition) is 2. The molecule has 0 radical (unpaired) electrons. The normalized spacial score (nSPS) is 10.3. The van der Waals surface area contributed by atoms with E-state index in [9.17, 15) is 4.79 Å². The lowest BCUT2D eigenvalue weighted by Gasteiger charge is -2.09. The molecule has 5 nitrogen and oxygen atoms in total. The number of anilines is 1. The number of hydrogen-bond donors (Lipinski definition) is 2. The van der Waals surface area contributed by atoms with E-state index in [2.05, 4.69) is 15.5 Å². The summed E-state index contributed by atoms with van der Waals surface area (Å²) in [5.41, 5.74) is 0.909. The van der Waals surface area contributed by atoms with E-state index < -0.39 is 0 Å². The first kappa shape index (κ1) is 9.51. The Labute approximate surface area is 87.1 Å². The van der Waals surface area contributed by atoms with Crippen LogP contribution in [0.5, 0.6) is 0 Å². The van der Waals surface area contributed by atoms with Gasteiger partial charge < -0.3 is 4.90 Å². The van der Waals surface area contributed by atoms with Crippen LogP contribution in [0.2, 0.25) is 0 Å². The second-order valence-corrected chi connectivity index (χ2v) is 3.44. The molecule has 2 aromatic rings. The van der Waals surface area contributed by atoms with E-state index in [1.807, 2.05) is 24.3 Å². The summed E-state index contributed by atoms with van der Waals surface area (Å²) >= 11 is 0. The number of aromatic nitrogens is 2. The average Bonchev–Trinajstić information content (AvgIpc) is 2.62. The summed E-state index contributed by atoms with van der Waals surface area (Å²) in [6.07, 6.45) is 0. The van der Waals surface area contributed by atoms with Crippen molar-refractivity contribution in [1.29, 1.82) is 0 Å². The molecule has 0 saturated heterocycles. The molecule has 0 unspecified atom stereocenters. The summed E-state index contributed by atoms with van der Waals surface area (Å²) in [4.78, 5) is 12.9. The number of carbonyl (C=O) groups excluding carboxylic acids is 1. The van der Waals surface area contributed by atoms with Gasteiger partial charge in [-0.25, -0.2) is 4.79 Å². The summed E-state index contributed by atoms with van der Waals surface area (Å²) in [5, 5.41) is 10.5. The molecule has 15 heavy (non-hydrogen) atoms. The van der Waals surface area contributed by atoms with Gasteiger partial charge in [0, 0.05) is 19.5 Å². The molecule has 0 spiro atoms. The van der Waals surface area contributed by atoms with Gasteiger partial charge in [0.25, 0.3) is 0 Å². The maximum absolute atomic E-state index is 11.4. The Morgan fingerprint density at radius 1 is 1.40 bits per heavy atom. The molecular weight excluding hydrogens is 192 g/mol. The van der Waals surface area contributed by atoms with Gasteiger partial charge in [-0.1, -0.05) is 12.1 Å². The van der Waals surface area contributed by atoms with Crippen molar-refractivity contribution in [2.45, 2.75) is 0 Å². The Hall–Kier alpha value is -2.04. The smallest absolute Gasteiger partial charge is 0.322 e. The summed E-state index contributed by atoms with van der Waals surface area (Å²) in [7, 11) is 3.37. The average molecular weight is 204 g/mol. The van der Waals surface area contributed by atoms with Crippen LogP contribution in [-0.4, -0.2) is 35.2 Å². The standard InChI is InChI=1S/C10H12N4O/c1-14(2)10(15)11-9-7-5-3-4-6-8(7)12-13-9/h3-6H,1-2H3,(H2,11,12,13,15). The van der Waals surface area contributed by atoms with Crippen LogP contribution >= 0.6 is 0 Å². The van der Waals surface area contributed by atoms with Crippen LogP contribution in [0, 0.1) is 0 Å². The number of aromatic amines is 1. The Morgan fingerprint density at radius 3 is 2.87 bits per heavy atom. The first-order valence-corrected chi connectivity index (χ1v) is 4.60. The molecule has 78 valence electrons. The van der Waals surface area contributed by atoms with Crippen LogP contribution in [0.4, 0.5) is 10.6 Å². The van der Waals surface area contributed by atoms with Crippen molar-refractivity contribution in [3.63, 3.8) is 0 Å². The Morgan fingerprint density at radius 2 is 2.13 bits per heavy atom. The van der Waals surface area contributed by atoms with Gasteiger partial charge in [0.2, 0.25) is 0 Å². The van der Waals surface area contributed by atoms with Crippen LogP contribution < -0.4 is 5.32 Å². The predicted octanol–water partition coefficient (Wildman–Crippen LogP) is 1.66. The van der Waals surface area contributed by atoms with Crippen LogP contribution in [-0.2, 0) is 0 Å². The molecule has 0 aliphatic carbocycles. The molecule has 0 aliphatic rings. The van der Waals surface area contributed by atoms with E-state index in [0.29, 0.717) is 5.82 Å². The van der Waals surface area contributed by atoms with E-state index in [1.54, 1.807) is 14.1 Å². The Bertz CT molecular complexity index is 489. The van der Waals surface area contributed by atoms with Crippen LogP contribution in [0.25, 0.3) is 10.9 Å². The molecule has 5 heteroatoms. The molecule has 0 atom stereocenters. The largest absolute Gasteiger partial charge is 0.331 e. The van der Waals surface area contributed by atoms with Gasteiger partial charge in [0.05, 0.1) is 5.52 Å². The molecule has 0 fully saturated rings. The number of H-pyrrole nitrogens is 1. The van der Waals surface area contributed by atoms with Crippen molar-refractivity contribution in [2.24, 2.45) is 0 Å². The summed E-state index contributed by atoms with van der Waals surface area (Å²) in [6, 6.07) is 7.45. The van der Waals surface area contributed by atoms with E-state index in [1.165, 1.54) is 4.90 Å². The minimum Gasteiger partial charge on any atom is -0.331 e. The number of nitrogens with one attached hydrogen (secondary N) is 2. The molecule has 0 bridgehead atoms. The maximum Gasteiger partial charge on any atom is 0.322 e. The van der Waals surface area contributed by atoms with Gasteiger partial charge in [-0.3, -0.25) is 10.4 Å². The van der Waals surface area contributed by atoms with Gasteiger partial charge in [-0.15, -0.1) is 0 Å². The second-order valence-electron chi connectivity index (χ2n) is 3.44. The Kier molecular flexibility index (Phi) is 2.29. The lowest BCUT2D eigenvalue weighted by atomic mass is 10.2. The van der Waals surface area contributed by atoms with Gasteiger partial charge in [0.1, 0.15) is 0 Å². The number of fused-ring (bicyclic) bond motifs is 1. The molecule has 2 rings (SSSR count). The zero-order chi connectivity index (χ0) is 10.8. The summed E-state index contributed by atoms with van der Waals surface area (Å²) < 4.78 is 0. The zero-order valence-corrected chi connectivity index (χ0v) is 8.61. The fourth-order valence-corrected chi connectivity index (χ4v) is 1.27. The van der Waals surface area contributed by atoms with E-state index in [0.717, 1.165) is 10.9 Å². The predicted molar refractivity (Wildman–Crippen MR) is 58.8 cm³/mol. The van der Waals surface area contributed by atoms with Crippen molar-refractivity contribution in [3.8, 4) is 0 Å². The number of para-hydroxylation sites is 1. The fraction of sp³-hybridized carbons (Fsp3) is 0.200. The van der Waals surface area contributed by atoms with E-state index >= 15 is 0 Å². The molecule has 2 N–H and O–H groups in total. The number of amides is 2. The first-order valence-electron chi connectivity index (χ1n) is 4.60. The molecule has 1 heterocycles. The van der Waals surface area contributed by atoms with Gasteiger partial charge in [-0.2, -0.15) is 5.10 Å². The van der Waals surface area contributed by atoms with Crippen molar-refractivity contribution < 1.29 is 4.79 Å². The quantitative estimate of drug-likeness (QED) is 0.742. The van der Waals surface area contributed by atoms with Crippen molar-refractivity contribution >= 4 is 22.8 Å². The lowest BCUT2D eigenvalue weighted by Crippen LogP contribution is -2.27. The third-order valence-electron chi connectivity index (χ3n) is 2.10. The SMILES string of the molecule is CN(C)C(=O)Nc1n[nH]c2ccccc12.